The molecular weight excluding hydrogens is 218 g/mol. The third-order valence-corrected chi connectivity index (χ3v) is 3.00. The van der Waals surface area contributed by atoms with Crippen molar-refractivity contribution >= 4 is 5.91 Å². The lowest BCUT2D eigenvalue weighted by Gasteiger charge is -2.23. The van der Waals surface area contributed by atoms with Crippen molar-refractivity contribution in [2.75, 3.05) is 6.61 Å². The Bertz CT molecular complexity index is 375. The second-order valence-corrected chi connectivity index (χ2v) is 4.52. The first-order valence-corrected chi connectivity index (χ1v) is 6.07. The first-order chi connectivity index (χ1) is 8.15. The van der Waals surface area contributed by atoms with Crippen molar-refractivity contribution in [3.8, 4) is 0 Å². The van der Waals surface area contributed by atoms with Gasteiger partial charge in [-0.3, -0.25) is 9.48 Å². The molecule has 1 amide bonds. The van der Waals surface area contributed by atoms with E-state index in [0.29, 0.717) is 0 Å². The highest BCUT2D eigenvalue weighted by Crippen LogP contribution is 2.10. The molecule has 0 aliphatic carbocycles. The van der Waals surface area contributed by atoms with Gasteiger partial charge in [0.2, 0.25) is 5.91 Å². The Balaban J connectivity index is 1.84. The summed E-state index contributed by atoms with van der Waals surface area (Å²) in [4.78, 5) is 11.7. The summed E-state index contributed by atoms with van der Waals surface area (Å²) in [6.07, 6.45) is 4.88. The number of nitrogens with zero attached hydrogens (tertiary/aromatic N) is 2. The highest BCUT2D eigenvalue weighted by molar-refractivity contribution is 5.75. The molecule has 0 aromatic carbocycles. The van der Waals surface area contributed by atoms with Crippen LogP contribution in [0.5, 0.6) is 0 Å². The maximum Gasteiger partial charge on any atom is 0.243 e. The van der Waals surface area contributed by atoms with Gasteiger partial charge >= 0.3 is 0 Å². The molecule has 5 nitrogen and oxygen atoms in total. The molecule has 0 saturated carbocycles. The second kappa shape index (κ2) is 5.31. The van der Waals surface area contributed by atoms with Gasteiger partial charge in [0.1, 0.15) is 12.8 Å². The Morgan fingerprint density at radius 1 is 1.59 bits per heavy atom. The van der Waals surface area contributed by atoms with Crippen LogP contribution in [-0.4, -0.2) is 28.5 Å². The molecule has 1 aromatic heterocycles. The fourth-order valence-corrected chi connectivity index (χ4v) is 1.93. The van der Waals surface area contributed by atoms with Crippen molar-refractivity contribution in [3.63, 3.8) is 0 Å². The largest absolute Gasteiger partial charge is 0.359 e. The Morgan fingerprint density at radius 3 is 3.00 bits per heavy atom. The molecule has 1 aliphatic rings. The van der Waals surface area contributed by atoms with Gasteiger partial charge in [-0.15, -0.1) is 0 Å². The number of aromatic nitrogens is 2. The lowest BCUT2D eigenvalue weighted by atomic mass is 10.2. The van der Waals surface area contributed by atoms with Crippen molar-refractivity contribution in [1.29, 1.82) is 0 Å². The topological polar surface area (TPSA) is 56.2 Å². The predicted molar refractivity (Wildman–Crippen MR) is 63.4 cm³/mol. The number of aryl methyl sites for hydroxylation is 2. The number of amides is 1. The molecule has 0 radical (unpaired) electrons. The minimum atomic E-state index is -0.117. The summed E-state index contributed by atoms with van der Waals surface area (Å²) in [5, 5.41) is 7.13. The monoisotopic (exact) mass is 237 g/mol. The van der Waals surface area contributed by atoms with Gasteiger partial charge in [-0.05, 0) is 38.7 Å². The Kier molecular flexibility index (Phi) is 3.78. The maximum atomic E-state index is 11.7. The maximum absolute atomic E-state index is 11.7. The molecule has 94 valence electrons. The Morgan fingerprint density at radius 2 is 2.41 bits per heavy atom. The van der Waals surface area contributed by atoms with Crippen LogP contribution >= 0.6 is 0 Å². The summed E-state index contributed by atoms with van der Waals surface area (Å²) in [5.74, 6) is -0.0422. The van der Waals surface area contributed by atoms with Gasteiger partial charge in [-0.2, -0.15) is 5.10 Å². The van der Waals surface area contributed by atoms with Crippen LogP contribution in [0.25, 0.3) is 0 Å². The SMILES string of the molecule is Cc1cn(CC(=O)NC2CCCCO2)nc1C. The van der Waals surface area contributed by atoms with E-state index in [2.05, 4.69) is 10.4 Å². The third-order valence-electron chi connectivity index (χ3n) is 3.00. The third kappa shape index (κ3) is 3.30. The average molecular weight is 237 g/mol. The van der Waals surface area contributed by atoms with Crippen molar-refractivity contribution in [3.05, 3.63) is 17.5 Å². The molecular formula is C12H19N3O2. The molecule has 1 aromatic rings. The van der Waals surface area contributed by atoms with E-state index in [9.17, 15) is 4.79 Å². The molecule has 1 saturated heterocycles. The van der Waals surface area contributed by atoms with E-state index in [0.717, 1.165) is 37.1 Å². The van der Waals surface area contributed by atoms with E-state index >= 15 is 0 Å². The second-order valence-electron chi connectivity index (χ2n) is 4.52. The smallest absolute Gasteiger partial charge is 0.243 e. The number of nitrogens with one attached hydrogen (secondary N) is 1. The van der Waals surface area contributed by atoms with E-state index in [1.54, 1.807) is 4.68 Å². The molecule has 1 unspecified atom stereocenters. The zero-order valence-electron chi connectivity index (χ0n) is 10.4. The summed E-state index contributed by atoms with van der Waals surface area (Å²) in [6.45, 7) is 4.93. The summed E-state index contributed by atoms with van der Waals surface area (Å²) in [6, 6.07) is 0. The Hall–Kier alpha value is -1.36. The number of rotatable bonds is 3. The molecule has 1 fully saturated rings. The van der Waals surface area contributed by atoms with Gasteiger partial charge in [0.15, 0.2) is 0 Å². The molecule has 5 heteroatoms. The minimum absolute atomic E-state index is 0.0422. The molecule has 1 atom stereocenters. The lowest BCUT2D eigenvalue weighted by molar-refractivity contribution is -0.127. The van der Waals surface area contributed by atoms with Crippen molar-refractivity contribution < 1.29 is 9.53 Å². The predicted octanol–water partition coefficient (Wildman–Crippen LogP) is 1.14. The van der Waals surface area contributed by atoms with E-state index in [1.807, 2.05) is 20.0 Å². The number of hydrogen-bond donors (Lipinski definition) is 1. The van der Waals surface area contributed by atoms with E-state index < -0.39 is 0 Å². The standard InChI is InChI=1S/C12H19N3O2/c1-9-7-15(14-10(9)2)8-11(16)13-12-5-3-4-6-17-12/h7,12H,3-6,8H2,1-2H3,(H,13,16). The van der Waals surface area contributed by atoms with Crippen LogP contribution in [0.15, 0.2) is 6.20 Å². The van der Waals surface area contributed by atoms with Crippen LogP contribution in [-0.2, 0) is 16.1 Å². The summed E-state index contributed by atoms with van der Waals surface area (Å²) < 4.78 is 7.12. The first-order valence-electron chi connectivity index (χ1n) is 6.07. The van der Waals surface area contributed by atoms with Gasteiger partial charge in [-0.1, -0.05) is 0 Å². The van der Waals surface area contributed by atoms with E-state index in [4.69, 9.17) is 4.74 Å². The van der Waals surface area contributed by atoms with Gasteiger partial charge in [0.25, 0.3) is 0 Å². The highest BCUT2D eigenvalue weighted by atomic mass is 16.5. The quantitative estimate of drug-likeness (QED) is 0.857. The average Bonchev–Trinajstić information content (AvgIpc) is 2.59. The van der Waals surface area contributed by atoms with Gasteiger partial charge < -0.3 is 10.1 Å². The summed E-state index contributed by atoms with van der Waals surface area (Å²) in [5.41, 5.74) is 2.07. The summed E-state index contributed by atoms with van der Waals surface area (Å²) in [7, 11) is 0. The Labute approximate surface area is 101 Å². The fourth-order valence-electron chi connectivity index (χ4n) is 1.93. The molecule has 17 heavy (non-hydrogen) atoms. The van der Waals surface area contributed by atoms with Gasteiger partial charge in [0, 0.05) is 12.8 Å². The molecule has 2 heterocycles. The van der Waals surface area contributed by atoms with Crippen LogP contribution in [0.1, 0.15) is 30.5 Å². The number of carbonyl (C=O) groups excluding carboxylic acids is 1. The number of carbonyl (C=O) groups is 1. The summed E-state index contributed by atoms with van der Waals surface area (Å²) >= 11 is 0. The normalized spacial score (nSPS) is 20.2. The van der Waals surface area contributed by atoms with Crippen LogP contribution in [0.2, 0.25) is 0 Å². The van der Waals surface area contributed by atoms with Crippen LogP contribution in [0.4, 0.5) is 0 Å². The van der Waals surface area contributed by atoms with Crippen molar-refractivity contribution in [1.82, 2.24) is 15.1 Å². The number of hydrogen-bond acceptors (Lipinski definition) is 3. The number of ether oxygens (including phenoxy) is 1. The van der Waals surface area contributed by atoms with Crippen molar-refractivity contribution in [2.45, 2.75) is 45.9 Å². The van der Waals surface area contributed by atoms with Crippen LogP contribution < -0.4 is 5.32 Å². The zero-order chi connectivity index (χ0) is 12.3. The highest BCUT2D eigenvalue weighted by Gasteiger charge is 2.16. The molecule has 1 N–H and O–H groups in total. The first kappa shape index (κ1) is 12.1. The van der Waals surface area contributed by atoms with E-state index in [-0.39, 0.29) is 18.7 Å². The molecule has 2 rings (SSSR count). The van der Waals surface area contributed by atoms with Gasteiger partial charge in [0.05, 0.1) is 5.69 Å². The minimum Gasteiger partial charge on any atom is -0.359 e. The van der Waals surface area contributed by atoms with Gasteiger partial charge in [-0.25, -0.2) is 0 Å². The molecule has 0 bridgehead atoms. The zero-order valence-corrected chi connectivity index (χ0v) is 10.4. The van der Waals surface area contributed by atoms with Crippen LogP contribution in [0.3, 0.4) is 0 Å². The lowest BCUT2D eigenvalue weighted by Crippen LogP contribution is -2.40. The van der Waals surface area contributed by atoms with Crippen molar-refractivity contribution in [2.24, 2.45) is 0 Å². The van der Waals surface area contributed by atoms with E-state index in [1.165, 1.54) is 0 Å². The van der Waals surface area contributed by atoms with Crippen LogP contribution in [0, 0.1) is 13.8 Å². The molecule has 0 spiro atoms. The fraction of sp³-hybridized carbons (Fsp3) is 0.667. The molecule has 1 aliphatic heterocycles.